The van der Waals surface area contributed by atoms with Gasteiger partial charge in [0.05, 0.1) is 17.8 Å². The number of β-amino-alcohol motifs (C(OH)–C–C–N with tert-alkyl or cyclic N) is 1. The molecule has 0 bridgehead atoms. The molecule has 178 valence electrons. The molecule has 9 heteroatoms. The van der Waals surface area contributed by atoms with Crippen molar-refractivity contribution in [2.45, 2.75) is 64.6 Å². The molecule has 0 spiro atoms. The zero-order chi connectivity index (χ0) is 24.3. The summed E-state index contributed by atoms with van der Waals surface area (Å²) in [6.45, 7) is 6.93. The largest absolute Gasteiger partial charge is 0.391 e. The molecule has 1 aliphatic rings. The van der Waals surface area contributed by atoms with Gasteiger partial charge in [0.2, 0.25) is 11.8 Å². The Kier molecular flexibility index (Phi) is 7.63. The summed E-state index contributed by atoms with van der Waals surface area (Å²) < 4.78 is 18.7. The van der Waals surface area contributed by atoms with Crippen LogP contribution in [-0.2, 0) is 14.4 Å². The SMILES string of the molecule is CC(=O)CC(NC(=O)C1C[C@@H](O)CN1C(=O)C(c1cc(C)no1)C(C)C)c1ccc(F)cc1. The van der Waals surface area contributed by atoms with E-state index in [1.54, 1.807) is 13.0 Å². The number of hydrogen-bond acceptors (Lipinski definition) is 6. The molecule has 1 aliphatic heterocycles. The number of hydrogen-bond donors (Lipinski definition) is 2. The second kappa shape index (κ2) is 10.2. The highest BCUT2D eigenvalue weighted by atomic mass is 19.1. The fraction of sp³-hybridized carbons (Fsp3) is 0.500. The normalized spacial score (nSPS) is 20.0. The maximum Gasteiger partial charge on any atom is 0.243 e. The zero-order valence-corrected chi connectivity index (χ0v) is 19.2. The first kappa shape index (κ1) is 24.6. The van der Waals surface area contributed by atoms with Crippen LogP contribution >= 0.6 is 0 Å². The Morgan fingerprint density at radius 3 is 2.48 bits per heavy atom. The van der Waals surface area contributed by atoms with E-state index in [9.17, 15) is 23.9 Å². The maximum absolute atomic E-state index is 13.5. The molecule has 4 atom stereocenters. The number of aliphatic hydroxyl groups is 1. The predicted molar refractivity (Wildman–Crippen MR) is 118 cm³/mol. The number of Topliss-reactive ketones (excluding diaryl/α,β-unsaturated/α-hetero) is 1. The summed E-state index contributed by atoms with van der Waals surface area (Å²) in [6.07, 6.45) is -0.758. The number of aryl methyl sites for hydroxylation is 1. The number of ketones is 1. The number of aliphatic hydroxyl groups excluding tert-OH is 1. The van der Waals surface area contributed by atoms with Gasteiger partial charge < -0.3 is 19.8 Å². The summed E-state index contributed by atoms with van der Waals surface area (Å²) in [6, 6.07) is 5.65. The third-order valence-corrected chi connectivity index (χ3v) is 5.83. The molecule has 0 saturated carbocycles. The quantitative estimate of drug-likeness (QED) is 0.628. The second-order valence-electron chi connectivity index (χ2n) is 9.01. The van der Waals surface area contributed by atoms with Gasteiger partial charge in [0.1, 0.15) is 29.3 Å². The van der Waals surface area contributed by atoms with Gasteiger partial charge in [-0.1, -0.05) is 31.1 Å². The molecule has 1 aromatic heterocycles. The van der Waals surface area contributed by atoms with Crippen molar-refractivity contribution < 1.29 is 28.4 Å². The van der Waals surface area contributed by atoms with Crippen molar-refractivity contribution in [3.8, 4) is 0 Å². The van der Waals surface area contributed by atoms with Crippen LogP contribution in [0.4, 0.5) is 4.39 Å². The maximum atomic E-state index is 13.5. The minimum Gasteiger partial charge on any atom is -0.391 e. The fourth-order valence-corrected chi connectivity index (χ4v) is 4.25. The molecule has 1 saturated heterocycles. The average Bonchev–Trinajstić information content (AvgIpc) is 3.33. The van der Waals surface area contributed by atoms with Gasteiger partial charge in [-0.2, -0.15) is 0 Å². The van der Waals surface area contributed by atoms with E-state index in [0.29, 0.717) is 17.0 Å². The number of likely N-dealkylation sites (tertiary alicyclic amines) is 1. The van der Waals surface area contributed by atoms with Crippen LogP contribution in [0.15, 0.2) is 34.9 Å². The van der Waals surface area contributed by atoms with Crippen LogP contribution in [0.1, 0.15) is 62.6 Å². The van der Waals surface area contributed by atoms with Gasteiger partial charge >= 0.3 is 0 Å². The van der Waals surface area contributed by atoms with Crippen LogP contribution in [0.3, 0.4) is 0 Å². The van der Waals surface area contributed by atoms with Gasteiger partial charge in [-0.15, -0.1) is 0 Å². The number of carbonyl (C=O) groups excluding carboxylic acids is 3. The van der Waals surface area contributed by atoms with Crippen LogP contribution in [-0.4, -0.2) is 51.5 Å². The third-order valence-electron chi connectivity index (χ3n) is 5.83. The highest BCUT2D eigenvalue weighted by Gasteiger charge is 2.43. The first-order valence-electron chi connectivity index (χ1n) is 11.0. The van der Waals surface area contributed by atoms with Gasteiger partial charge in [0.15, 0.2) is 0 Å². The summed E-state index contributed by atoms with van der Waals surface area (Å²) in [7, 11) is 0. The van der Waals surface area contributed by atoms with E-state index in [0.717, 1.165) is 0 Å². The Bertz CT molecular complexity index is 1000. The molecule has 3 unspecified atom stereocenters. The fourth-order valence-electron chi connectivity index (χ4n) is 4.25. The molecule has 33 heavy (non-hydrogen) atoms. The standard InChI is InChI=1S/C24H30FN3O5/c1-13(2)22(21-9-14(3)27-33-21)24(32)28-12-18(30)11-20(28)23(31)26-19(10-15(4)29)16-5-7-17(25)8-6-16/h5-9,13,18-20,22,30H,10-12H2,1-4H3,(H,26,31)/t18-,19?,20?,22?/m1/s1. The van der Waals surface area contributed by atoms with E-state index in [4.69, 9.17) is 4.52 Å². The zero-order valence-electron chi connectivity index (χ0n) is 19.2. The lowest BCUT2D eigenvalue weighted by Gasteiger charge is -2.30. The highest BCUT2D eigenvalue weighted by molar-refractivity contribution is 5.91. The number of aromatic nitrogens is 1. The van der Waals surface area contributed by atoms with Crippen LogP contribution in [0.5, 0.6) is 0 Å². The van der Waals surface area contributed by atoms with Gasteiger partial charge in [-0.25, -0.2) is 4.39 Å². The van der Waals surface area contributed by atoms with E-state index in [-0.39, 0.29) is 37.0 Å². The molecule has 0 radical (unpaired) electrons. The summed E-state index contributed by atoms with van der Waals surface area (Å²) >= 11 is 0. The molecule has 2 heterocycles. The van der Waals surface area contributed by atoms with E-state index in [2.05, 4.69) is 10.5 Å². The van der Waals surface area contributed by atoms with Crippen LogP contribution in [0.25, 0.3) is 0 Å². The lowest BCUT2D eigenvalue weighted by atomic mass is 9.91. The van der Waals surface area contributed by atoms with Crippen LogP contribution in [0, 0.1) is 18.7 Å². The van der Waals surface area contributed by atoms with Crippen molar-refractivity contribution in [2.24, 2.45) is 5.92 Å². The molecule has 1 aromatic carbocycles. The number of halogens is 1. The Hall–Kier alpha value is -3.07. The summed E-state index contributed by atoms with van der Waals surface area (Å²) in [5.74, 6) is -1.76. The van der Waals surface area contributed by atoms with E-state index in [1.807, 2.05) is 13.8 Å². The summed E-state index contributed by atoms with van der Waals surface area (Å²) in [5.41, 5.74) is 1.22. The predicted octanol–water partition coefficient (Wildman–Crippen LogP) is 2.66. The third kappa shape index (κ3) is 5.84. The van der Waals surface area contributed by atoms with Crippen molar-refractivity contribution >= 4 is 17.6 Å². The second-order valence-corrected chi connectivity index (χ2v) is 9.01. The first-order chi connectivity index (χ1) is 15.6. The van der Waals surface area contributed by atoms with Crippen molar-refractivity contribution in [3.63, 3.8) is 0 Å². The molecule has 1 fully saturated rings. The highest BCUT2D eigenvalue weighted by Crippen LogP contribution is 2.31. The van der Waals surface area contributed by atoms with Gasteiger partial charge in [-0.3, -0.25) is 14.4 Å². The van der Waals surface area contributed by atoms with Gasteiger partial charge in [-0.05, 0) is 37.5 Å². The first-order valence-corrected chi connectivity index (χ1v) is 11.0. The molecule has 2 N–H and O–H groups in total. The number of benzene rings is 1. The van der Waals surface area contributed by atoms with E-state index < -0.39 is 35.8 Å². The summed E-state index contributed by atoms with van der Waals surface area (Å²) in [4.78, 5) is 39.9. The van der Waals surface area contributed by atoms with Crippen molar-refractivity contribution in [1.29, 1.82) is 0 Å². The minimum absolute atomic E-state index is 0.0151. The average molecular weight is 460 g/mol. The molecule has 8 nitrogen and oxygen atoms in total. The Balaban J connectivity index is 1.83. The molecule has 2 aromatic rings. The topological polar surface area (TPSA) is 113 Å². The van der Waals surface area contributed by atoms with Crippen LogP contribution < -0.4 is 5.32 Å². The lowest BCUT2D eigenvalue weighted by molar-refractivity contribution is -0.141. The number of carbonyl (C=O) groups is 3. The van der Waals surface area contributed by atoms with Gasteiger partial charge in [0, 0.05) is 25.5 Å². The molecular weight excluding hydrogens is 429 g/mol. The summed E-state index contributed by atoms with van der Waals surface area (Å²) in [5, 5.41) is 17.0. The number of nitrogens with zero attached hydrogens (tertiary/aromatic N) is 2. The Morgan fingerprint density at radius 1 is 1.27 bits per heavy atom. The molecular formula is C24H30FN3O5. The van der Waals surface area contributed by atoms with Crippen molar-refractivity contribution in [3.05, 3.63) is 53.2 Å². The van der Waals surface area contributed by atoms with Crippen LogP contribution in [0.2, 0.25) is 0 Å². The Labute approximate surface area is 192 Å². The number of amides is 2. The minimum atomic E-state index is -0.910. The van der Waals surface area contributed by atoms with E-state index >= 15 is 0 Å². The molecule has 0 aliphatic carbocycles. The Morgan fingerprint density at radius 2 is 1.94 bits per heavy atom. The monoisotopic (exact) mass is 459 g/mol. The van der Waals surface area contributed by atoms with E-state index in [1.165, 1.54) is 36.1 Å². The lowest BCUT2D eigenvalue weighted by Crippen LogP contribution is -2.49. The number of rotatable bonds is 8. The molecule has 2 amide bonds. The van der Waals surface area contributed by atoms with Crippen molar-refractivity contribution in [1.82, 2.24) is 15.4 Å². The molecule has 3 rings (SSSR count). The smallest absolute Gasteiger partial charge is 0.243 e. The van der Waals surface area contributed by atoms with Crippen molar-refractivity contribution in [2.75, 3.05) is 6.54 Å². The number of nitrogens with one attached hydrogen (secondary N) is 1. The van der Waals surface area contributed by atoms with Gasteiger partial charge in [0.25, 0.3) is 0 Å².